The van der Waals surface area contributed by atoms with Crippen molar-refractivity contribution in [3.8, 4) is 5.75 Å². The van der Waals surface area contributed by atoms with E-state index in [1.807, 2.05) is 30.3 Å². The lowest BCUT2D eigenvalue weighted by atomic mass is 9.99. The SMILES string of the molecule is O=C(Cc1ccccc1)NNC(c1nc2ccc(Cl)cc2[nH]c1=O)C(O)c1ccccc1O. The monoisotopic (exact) mass is 464 g/mol. The zero-order chi connectivity index (χ0) is 23.4. The molecule has 0 bridgehead atoms. The highest BCUT2D eigenvalue weighted by Gasteiger charge is 2.29. The quantitative estimate of drug-likeness (QED) is 0.268. The van der Waals surface area contributed by atoms with E-state index in [9.17, 15) is 19.8 Å². The summed E-state index contributed by atoms with van der Waals surface area (Å²) in [5.41, 5.74) is 6.47. The molecule has 0 radical (unpaired) electrons. The molecule has 0 saturated heterocycles. The van der Waals surface area contributed by atoms with Crippen molar-refractivity contribution >= 4 is 28.5 Å². The smallest absolute Gasteiger partial charge is 0.271 e. The van der Waals surface area contributed by atoms with Crippen molar-refractivity contribution in [2.75, 3.05) is 0 Å². The number of H-pyrrole nitrogens is 1. The highest BCUT2D eigenvalue weighted by molar-refractivity contribution is 6.31. The van der Waals surface area contributed by atoms with Crippen LogP contribution in [0.25, 0.3) is 11.0 Å². The number of amides is 1. The third kappa shape index (κ3) is 5.20. The molecular weight excluding hydrogens is 444 g/mol. The minimum absolute atomic E-state index is 0.0689. The van der Waals surface area contributed by atoms with Crippen molar-refractivity contribution in [3.05, 3.63) is 105 Å². The summed E-state index contributed by atoms with van der Waals surface area (Å²) in [5.74, 6) is -0.531. The number of aromatic hydroxyl groups is 1. The van der Waals surface area contributed by atoms with Gasteiger partial charge in [0.25, 0.3) is 5.56 Å². The third-order valence-corrected chi connectivity index (χ3v) is 5.36. The number of halogens is 1. The molecule has 5 N–H and O–H groups in total. The van der Waals surface area contributed by atoms with Gasteiger partial charge in [0, 0.05) is 10.6 Å². The fourth-order valence-corrected chi connectivity index (χ4v) is 3.65. The molecule has 0 aliphatic heterocycles. The van der Waals surface area contributed by atoms with Gasteiger partial charge in [-0.3, -0.25) is 15.0 Å². The first kappa shape index (κ1) is 22.5. The normalized spacial score (nSPS) is 12.9. The van der Waals surface area contributed by atoms with Crippen molar-refractivity contribution in [3.63, 3.8) is 0 Å². The van der Waals surface area contributed by atoms with Gasteiger partial charge in [-0.2, -0.15) is 0 Å². The minimum atomic E-state index is -1.40. The maximum Gasteiger partial charge on any atom is 0.271 e. The summed E-state index contributed by atoms with van der Waals surface area (Å²) in [6, 6.07) is 19.0. The number of para-hydroxylation sites is 1. The standard InChI is InChI=1S/C24H21ClN4O4/c25-15-10-11-17-18(13-15)27-24(33)22(26-17)21(23(32)16-8-4-5-9-19(16)30)29-28-20(31)12-14-6-2-1-3-7-14/h1-11,13,21,23,29-30,32H,12H2,(H,27,33)(H,28,31). The molecule has 2 atom stereocenters. The predicted molar refractivity (Wildman–Crippen MR) is 125 cm³/mol. The first-order chi connectivity index (χ1) is 15.9. The molecule has 3 aromatic carbocycles. The second-order valence-electron chi connectivity index (χ2n) is 7.45. The molecule has 168 valence electrons. The molecule has 33 heavy (non-hydrogen) atoms. The Morgan fingerprint density at radius 2 is 1.79 bits per heavy atom. The summed E-state index contributed by atoms with van der Waals surface area (Å²) in [7, 11) is 0. The topological polar surface area (TPSA) is 127 Å². The van der Waals surface area contributed by atoms with Crippen LogP contribution in [0.5, 0.6) is 5.75 Å². The molecule has 2 unspecified atom stereocenters. The molecule has 8 nitrogen and oxygen atoms in total. The second-order valence-corrected chi connectivity index (χ2v) is 7.89. The third-order valence-electron chi connectivity index (χ3n) is 5.12. The first-order valence-electron chi connectivity index (χ1n) is 10.2. The van der Waals surface area contributed by atoms with Gasteiger partial charge in [-0.05, 0) is 29.8 Å². The summed E-state index contributed by atoms with van der Waals surface area (Å²) in [6.07, 6.45) is -1.31. The van der Waals surface area contributed by atoms with Crippen molar-refractivity contribution in [1.82, 2.24) is 20.8 Å². The van der Waals surface area contributed by atoms with E-state index in [2.05, 4.69) is 20.8 Å². The fraction of sp³-hybridized carbons (Fsp3) is 0.125. The summed E-state index contributed by atoms with van der Waals surface area (Å²) in [5, 5.41) is 21.7. The summed E-state index contributed by atoms with van der Waals surface area (Å²) in [4.78, 5) is 32.4. The molecule has 1 heterocycles. The van der Waals surface area contributed by atoms with Gasteiger partial charge in [-0.1, -0.05) is 60.1 Å². The maximum atomic E-state index is 12.9. The highest BCUT2D eigenvalue weighted by atomic mass is 35.5. The van der Waals surface area contributed by atoms with E-state index in [1.165, 1.54) is 12.1 Å². The first-order valence-corrected chi connectivity index (χ1v) is 10.5. The number of hydrogen-bond acceptors (Lipinski definition) is 6. The van der Waals surface area contributed by atoms with E-state index < -0.39 is 17.7 Å². The molecule has 0 fully saturated rings. The van der Waals surface area contributed by atoms with E-state index in [-0.39, 0.29) is 29.3 Å². The Kier molecular flexibility index (Phi) is 6.69. The van der Waals surface area contributed by atoms with Crippen LogP contribution in [-0.2, 0) is 11.2 Å². The average molecular weight is 465 g/mol. The van der Waals surface area contributed by atoms with Crippen molar-refractivity contribution in [2.24, 2.45) is 0 Å². The molecule has 4 rings (SSSR count). The number of carbonyl (C=O) groups is 1. The molecule has 0 spiro atoms. The van der Waals surface area contributed by atoms with Gasteiger partial charge in [-0.15, -0.1) is 0 Å². The lowest BCUT2D eigenvalue weighted by Crippen LogP contribution is -2.45. The van der Waals surface area contributed by atoms with Crippen LogP contribution in [0.2, 0.25) is 5.02 Å². The summed E-state index contributed by atoms with van der Waals surface area (Å²) in [6.45, 7) is 0. The molecule has 9 heteroatoms. The van der Waals surface area contributed by atoms with Crippen molar-refractivity contribution < 1.29 is 15.0 Å². The summed E-state index contributed by atoms with van der Waals surface area (Å²) >= 11 is 5.99. The molecular formula is C24H21ClN4O4. The maximum absolute atomic E-state index is 12.9. The van der Waals surface area contributed by atoms with Crippen molar-refractivity contribution in [2.45, 2.75) is 18.6 Å². The highest BCUT2D eigenvalue weighted by Crippen LogP contribution is 2.32. The van der Waals surface area contributed by atoms with Crippen LogP contribution in [0.3, 0.4) is 0 Å². The number of nitrogens with one attached hydrogen (secondary N) is 3. The average Bonchev–Trinajstić information content (AvgIpc) is 2.80. The van der Waals surface area contributed by atoms with Gasteiger partial charge >= 0.3 is 0 Å². The fourth-order valence-electron chi connectivity index (χ4n) is 3.48. The van der Waals surface area contributed by atoms with Crippen LogP contribution in [0.1, 0.15) is 29.0 Å². The number of aliphatic hydroxyl groups excluding tert-OH is 1. The second kappa shape index (κ2) is 9.83. The number of benzene rings is 3. The lowest BCUT2D eigenvalue weighted by Gasteiger charge is -2.24. The van der Waals surface area contributed by atoms with Crippen LogP contribution >= 0.6 is 11.6 Å². The van der Waals surface area contributed by atoms with Crippen LogP contribution in [0, 0.1) is 0 Å². The van der Waals surface area contributed by atoms with Crippen LogP contribution in [0.15, 0.2) is 77.6 Å². The van der Waals surface area contributed by atoms with Crippen LogP contribution in [-0.4, -0.2) is 26.1 Å². The number of hydrogen-bond donors (Lipinski definition) is 5. The van der Waals surface area contributed by atoms with Gasteiger partial charge in [-0.25, -0.2) is 10.4 Å². The number of fused-ring (bicyclic) bond motifs is 1. The number of aromatic amines is 1. The molecule has 1 aromatic heterocycles. The number of aromatic nitrogens is 2. The molecule has 1 amide bonds. The largest absolute Gasteiger partial charge is 0.508 e. The predicted octanol–water partition coefficient (Wildman–Crippen LogP) is 2.92. The Balaban J connectivity index is 1.67. The zero-order valence-corrected chi connectivity index (χ0v) is 18.1. The molecule has 0 aliphatic carbocycles. The number of hydrazine groups is 1. The number of carbonyl (C=O) groups excluding carboxylic acids is 1. The van der Waals surface area contributed by atoms with Crippen molar-refractivity contribution in [1.29, 1.82) is 0 Å². The van der Waals surface area contributed by atoms with E-state index in [4.69, 9.17) is 11.6 Å². The number of rotatable bonds is 7. The zero-order valence-electron chi connectivity index (χ0n) is 17.3. The lowest BCUT2D eigenvalue weighted by molar-refractivity contribution is -0.121. The number of aliphatic hydroxyl groups is 1. The Morgan fingerprint density at radius 3 is 2.55 bits per heavy atom. The minimum Gasteiger partial charge on any atom is -0.508 e. The van der Waals surface area contributed by atoms with Gasteiger partial charge in [0.05, 0.1) is 17.5 Å². The van der Waals surface area contributed by atoms with Crippen LogP contribution in [0.4, 0.5) is 0 Å². The van der Waals surface area contributed by atoms with E-state index in [0.717, 1.165) is 5.56 Å². The molecule has 4 aromatic rings. The Bertz CT molecular complexity index is 1340. The van der Waals surface area contributed by atoms with Gasteiger partial charge in [0.15, 0.2) is 0 Å². The summed E-state index contributed by atoms with van der Waals surface area (Å²) < 4.78 is 0. The van der Waals surface area contributed by atoms with E-state index in [0.29, 0.717) is 16.1 Å². The Morgan fingerprint density at radius 1 is 1.06 bits per heavy atom. The van der Waals surface area contributed by atoms with E-state index in [1.54, 1.807) is 30.3 Å². The van der Waals surface area contributed by atoms with Gasteiger partial charge in [0.2, 0.25) is 5.91 Å². The number of nitrogens with zero attached hydrogens (tertiary/aromatic N) is 1. The van der Waals surface area contributed by atoms with E-state index >= 15 is 0 Å². The molecule has 0 aliphatic rings. The van der Waals surface area contributed by atoms with Gasteiger partial charge < -0.3 is 15.2 Å². The number of phenols is 1. The van der Waals surface area contributed by atoms with Gasteiger partial charge in [0.1, 0.15) is 23.6 Å². The number of phenolic OH excluding ortho intramolecular Hbond substituents is 1. The Labute approximate surface area is 193 Å². The van der Waals surface area contributed by atoms with Crippen LogP contribution < -0.4 is 16.4 Å². The Hall–Kier alpha value is -3.72. The molecule has 0 saturated carbocycles.